The quantitative estimate of drug-likeness (QED) is 0.701. The molecular weight excluding hydrogens is 341 g/mol. The molecule has 0 spiro atoms. The number of alkyl halides is 1. The molecule has 3 rings (SSSR count). The van der Waals surface area contributed by atoms with Crippen molar-refractivity contribution < 1.29 is 13.9 Å². The Morgan fingerprint density at radius 2 is 2.22 bits per heavy atom. The number of nitrogens with zero attached hydrogens (tertiary/aromatic N) is 4. The van der Waals surface area contributed by atoms with Crippen LogP contribution in [0.25, 0.3) is 11.2 Å². The Kier molecular flexibility index (Phi) is 4.74. The standard InChI is InChI=1S/C13H16FN5O2S2/c14-9-6(1-2-22)13(21-7(9)3-8(20)23)19-5-18-10-11(15)16-4-17-12(10)19/h4-7,9,13,22H,1-3H2,(H,20,23)(H2,15,16,17)/t6-,7-,9+,13-/m1/s1. The van der Waals surface area contributed by atoms with Gasteiger partial charge in [-0.15, -0.1) is 12.6 Å². The Labute approximate surface area is 142 Å². The molecule has 0 aliphatic carbocycles. The fourth-order valence-corrected chi connectivity index (χ4v) is 3.38. The summed E-state index contributed by atoms with van der Waals surface area (Å²) in [6.07, 6.45) is 0.462. The minimum absolute atomic E-state index is 0.0897. The molecule has 0 aromatic carbocycles. The van der Waals surface area contributed by atoms with Crippen LogP contribution in [0, 0.1) is 5.92 Å². The van der Waals surface area contributed by atoms with E-state index in [1.165, 1.54) is 12.7 Å². The Morgan fingerprint density at radius 3 is 2.91 bits per heavy atom. The zero-order valence-corrected chi connectivity index (χ0v) is 13.8. The molecule has 3 heterocycles. The number of nitrogens with two attached hydrogens (primary N) is 1. The molecule has 1 saturated heterocycles. The van der Waals surface area contributed by atoms with E-state index in [4.69, 9.17) is 10.5 Å². The third-order valence-corrected chi connectivity index (χ3v) is 4.38. The van der Waals surface area contributed by atoms with Gasteiger partial charge >= 0.3 is 0 Å². The zero-order valence-electron chi connectivity index (χ0n) is 12.0. The lowest BCUT2D eigenvalue weighted by Gasteiger charge is -2.20. The van der Waals surface area contributed by atoms with Crippen molar-refractivity contribution in [1.29, 1.82) is 0 Å². The summed E-state index contributed by atoms with van der Waals surface area (Å²) < 4.78 is 22.1. The van der Waals surface area contributed by atoms with Gasteiger partial charge in [-0.2, -0.15) is 12.6 Å². The number of anilines is 1. The number of rotatable bonds is 5. The van der Waals surface area contributed by atoms with E-state index in [0.29, 0.717) is 23.3 Å². The van der Waals surface area contributed by atoms with E-state index in [1.54, 1.807) is 4.57 Å². The highest BCUT2D eigenvalue weighted by atomic mass is 32.1. The minimum Gasteiger partial charge on any atom is -0.382 e. The van der Waals surface area contributed by atoms with Gasteiger partial charge in [-0.05, 0) is 12.2 Å². The molecule has 1 fully saturated rings. The summed E-state index contributed by atoms with van der Waals surface area (Å²) in [5.41, 5.74) is 6.68. The lowest BCUT2D eigenvalue weighted by molar-refractivity contribution is -0.114. The molecule has 4 atom stereocenters. The number of carbonyl (C=O) groups excluding carboxylic acids is 1. The van der Waals surface area contributed by atoms with Crippen LogP contribution >= 0.6 is 25.3 Å². The lowest BCUT2D eigenvalue weighted by Crippen LogP contribution is -2.24. The second kappa shape index (κ2) is 6.62. The average molecular weight is 357 g/mol. The SMILES string of the molecule is Nc1ncnc2c1ncn2[C@@H]1O[C@H](CC(=O)S)[C@@H](F)[C@H]1CCS. The van der Waals surface area contributed by atoms with Gasteiger partial charge in [0.05, 0.1) is 12.4 Å². The Balaban J connectivity index is 1.98. The van der Waals surface area contributed by atoms with E-state index in [-0.39, 0.29) is 12.2 Å². The first-order chi connectivity index (χ1) is 11.0. The highest BCUT2D eigenvalue weighted by Crippen LogP contribution is 2.41. The lowest BCUT2D eigenvalue weighted by atomic mass is 9.97. The number of thiol groups is 2. The van der Waals surface area contributed by atoms with Crippen LogP contribution in [-0.2, 0) is 9.53 Å². The number of imidazole rings is 1. The summed E-state index contributed by atoms with van der Waals surface area (Å²) in [7, 11) is 0. The highest BCUT2D eigenvalue weighted by Gasteiger charge is 2.46. The van der Waals surface area contributed by atoms with Crippen molar-refractivity contribution in [1.82, 2.24) is 19.5 Å². The van der Waals surface area contributed by atoms with Crippen LogP contribution in [-0.4, -0.2) is 42.7 Å². The van der Waals surface area contributed by atoms with Crippen molar-refractivity contribution in [3.63, 3.8) is 0 Å². The van der Waals surface area contributed by atoms with E-state index in [2.05, 4.69) is 40.2 Å². The second-order valence-electron chi connectivity index (χ2n) is 5.37. The van der Waals surface area contributed by atoms with Gasteiger partial charge in [-0.25, -0.2) is 19.3 Å². The molecule has 1 aliphatic heterocycles. The first kappa shape index (κ1) is 16.5. The number of hydrogen-bond donors (Lipinski definition) is 3. The molecule has 0 amide bonds. The number of carbonyl (C=O) groups is 1. The maximum Gasteiger partial charge on any atom is 0.188 e. The third-order valence-electron chi connectivity index (χ3n) is 3.94. The van der Waals surface area contributed by atoms with Crippen molar-refractivity contribution in [3.8, 4) is 0 Å². The van der Waals surface area contributed by atoms with Gasteiger partial charge in [0.1, 0.15) is 24.2 Å². The second-order valence-corrected chi connectivity index (χ2v) is 6.31. The molecule has 7 nitrogen and oxygen atoms in total. The number of ether oxygens (including phenoxy) is 1. The molecule has 124 valence electrons. The largest absolute Gasteiger partial charge is 0.382 e. The maximum absolute atomic E-state index is 14.7. The van der Waals surface area contributed by atoms with Crippen LogP contribution in [0.15, 0.2) is 12.7 Å². The van der Waals surface area contributed by atoms with Crippen LogP contribution in [0.2, 0.25) is 0 Å². The first-order valence-electron chi connectivity index (χ1n) is 7.08. The zero-order chi connectivity index (χ0) is 16.6. The molecule has 2 N–H and O–H groups in total. The Morgan fingerprint density at radius 1 is 1.43 bits per heavy atom. The van der Waals surface area contributed by atoms with E-state index < -0.39 is 29.5 Å². The molecule has 0 unspecified atom stereocenters. The number of fused-ring (bicyclic) bond motifs is 1. The highest BCUT2D eigenvalue weighted by molar-refractivity contribution is 7.96. The van der Waals surface area contributed by atoms with E-state index in [1.807, 2.05) is 0 Å². The number of hydrogen-bond acceptors (Lipinski definition) is 7. The summed E-state index contributed by atoms with van der Waals surface area (Å²) in [6, 6.07) is 0. The van der Waals surface area contributed by atoms with Crippen LogP contribution in [0.5, 0.6) is 0 Å². The van der Waals surface area contributed by atoms with Crippen molar-refractivity contribution in [3.05, 3.63) is 12.7 Å². The van der Waals surface area contributed by atoms with Crippen molar-refractivity contribution >= 4 is 47.4 Å². The van der Waals surface area contributed by atoms with Crippen molar-refractivity contribution in [2.24, 2.45) is 5.92 Å². The van der Waals surface area contributed by atoms with Gasteiger partial charge in [0, 0.05) is 12.3 Å². The molecule has 2 aromatic rings. The molecule has 0 bridgehead atoms. The Bertz CT molecular complexity index is 727. The molecule has 0 radical (unpaired) electrons. The molecule has 10 heteroatoms. The van der Waals surface area contributed by atoms with Gasteiger partial charge in [-0.1, -0.05) is 0 Å². The van der Waals surface area contributed by atoms with E-state index in [9.17, 15) is 9.18 Å². The first-order valence-corrected chi connectivity index (χ1v) is 8.16. The summed E-state index contributed by atoms with van der Waals surface area (Å²) in [5.74, 6) is 0.283. The van der Waals surface area contributed by atoms with Gasteiger partial charge in [0.2, 0.25) is 0 Å². The van der Waals surface area contributed by atoms with Gasteiger partial charge in [0.25, 0.3) is 0 Å². The molecule has 23 heavy (non-hydrogen) atoms. The van der Waals surface area contributed by atoms with Gasteiger partial charge in [-0.3, -0.25) is 9.36 Å². The molecular formula is C13H16FN5O2S2. The Hall–Kier alpha value is -1.39. The normalized spacial score (nSPS) is 27.6. The smallest absolute Gasteiger partial charge is 0.188 e. The molecule has 2 aromatic heterocycles. The summed E-state index contributed by atoms with van der Waals surface area (Å²) in [4.78, 5) is 23.4. The number of nitrogen functional groups attached to an aromatic ring is 1. The predicted octanol–water partition coefficient (Wildman–Crippen LogP) is 1.43. The predicted molar refractivity (Wildman–Crippen MR) is 89.1 cm³/mol. The maximum atomic E-state index is 14.7. The van der Waals surface area contributed by atoms with Crippen molar-refractivity contribution in [2.45, 2.75) is 31.3 Å². The molecule has 1 aliphatic rings. The van der Waals surface area contributed by atoms with Crippen molar-refractivity contribution in [2.75, 3.05) is 11.5 Å². The summed E-state index contributed by atoms with van der Waals surface area (Å²) >= 11 is 7.90. The monoisotopic (exact) mass is 357 g/mol. The summed E-state index contributed by atoms with van der Waals surface area (Å²) in [5, 5.41) is -0.412. The van der Waals surface area contributed by atoms with Gasteiger partial charge in [0.15, 0.2) is 16.6 Å². The van der Waals surface area contributed by atoms with E-state index in [0.717, 1.165) is 0 Å². The fraction of sp³-hybridized carbons (Fsp3) is 0.538. The average Bonchev–Trinajstić information content (AvgIpc) is 3.04. The summed E-state index contributed by atoms with van der Waals surface area (Å²) in [6.45, 7) is 0. The van der Waals surface area contributed by atoms with Crippen LogP contribution < -0.4 is 5.73 Å². The fourth-order valence-electron chi connectivity index (χ4n) is 2.90. The molecule has 0 saturated carbocycles. The van der Waals surface area contributed by atoms with E-state index >= 15 is 0 Å². The van der Waals surface area contributed by atoms with Crippen LogP contribution in [0.4, 0.5) is 10.2 Å². The third kappa shape index (κ3) is 3.02. The number of halogens is 1. The van der Waals surface area contributed by atoms with Crippen LogP contribution in [0.1, 0.15) is 19.1 Å². The topological polar surface area (TPSA) is 95.9 Å². The minimum atomic E-state index is -1.29. The van der Waals surface area contributed by atoms with Gasteiger partial charge < -0.3 is 10.5 Å². The van der Waals surface area contributed by atoms with Crippen LogP contribution in [0.3, 0.4) is 0 Å². The number of aromatic nitrogens is 4.